The van der Waals surface area contributed by atoms with E-state index in [9.17, 15) is 9.90 Å². The highest BCUT2D eigenvalue weighted by Crippen LogP contribution is 2.34. The Morgan fingerprint density at radius 3 is 2.63 bits per heavy atom. The molecule has 144 valence electrons. The molecule has 0 aliphatic rings. The number of hydrogen-bond donors (Lipinski definition) is 2. The molecule has 0 heterocycles. The number of aromatic hydroxyl groups is 1. The standard InChI is InChI=1S/C20H23BrN2O4/c1-13(2)8-9-27-16-6-4-15(5-7-16)20(25)23-22-12-14-10-17(21)19(24)18(11-14)26-3/h4-7,10-13,24H,8-9H2,1-3H3,(H,23,25)/b22-12+. The van der Waals surface area contributed by atoms with Crippen LogP contribution < -0.4 is 14.9 Å². The first-order valence-electron chi connectivity index (χ1n) is 8.53. The third kappa shape index (κ3) is 6.29. The Kier molecular flexibility index (Phi) is 7.67. The molecule has 1 amide bonds. The summed E-state index contributed by atoms with van der Waals surface area (Å²) in [5, 5.41) is 13.7. The summed E-state index contributed by atoms with van der Waals surface area (Å²) in [6, 6.07) is 10.2. The van der Waals surface area contributed by atoms with Crippen molar-refractivity contribution in [3.63, 3.8) is 0 Å². The molecule has 0 bridgehead atoms. The van der Waals surface area contributed by atoms with Crippen LogP contribution in [-0.4, -0.2) is 30.9 Å². The average molecular weight is 435 g/mol. The number of amides is 1. The molecule has 6 nitrogen and oxygen atoms in total. The molecular formula is C20H23BrN2O4. The molecular weight excluding hydrogens is 412 g/mol. The minimum absolute atomic E-state index is 0.00869. The molecule has 0 radical (unpaired) electrons. The van der Waals surface area contributed by atoms with E-state index in [-0.39, 0.29) is 11.7 Å². The molecule has 0 fully saturated rings. The number of hydrazone groups is 1. The number of benzene rings is 2. The van der Waals surface area contributed by atoms with Gasteiger partial charge in [0.1, 0.15) is 5.75 Å². The van der Waals surface area contributed by atoms with E-state index in [1.165, 1.54) is 13.3 Å². The van der Waals surface area contributed by atoms with Crippen molar-refractivity contribution in [2.45, 2.75) is 20.3 Å². The van der Waals surface area contributed by atoms with Crippen LogP contribution in [0.2, 0.25) is 0 Å². The topological polar surface area (TPSA) is 80.2 Å². The molecule has 0 atom stereocenters. The van der Waals surface area contributed by atoms with Crippen molar-refractivity contribution in [2.24, 2.45) is 11.0 Å². The minimum atomic E-state index is -0.329. The van der Waals surface area contributed by atoms with Gasteiger partial charge in [-0.25, -0.2) is 5.43 Å². The van der Waals surface area contributed by atoms with Crippen LogP contribution in [0.25, 0.3) is 0 Å². The van der Waals surface area contributed by atoms with Crippen LogP contribution in [0, 0.1) is 5.92 Å². The van der Waals surface area contributed by atoms with Gasteiger partial charge in [-0.2, -0.15) is 5.10 Å². The van der Waals surface area contributed by atoms with Crippen molar-refractivity contribution in [3.8, 4) is 17.2 Å². The van der Waals surface area contributed by atoms with E-state index in [1.54, 1.807) is 36.4 Å². The van der Waals surface area contributed by atoms with Gasteiger partial charge < -0.3 is 14.6 Å². The van der Waals surface area contributed by atoms with Crippen molar-refractivity contribution in [1.82, 2.24) is 5.43 Å². The maximum Gasteiger partial charge on any atom is 0.271 e. The molecule has 0 aromatic heterocycles. The SMILES string of the molecule is COc1cc(/C=N/NC(=O)c2ccc(OCCC(C)C)cc2)cc(Br)c1O. The van der Waals surface area contributed by atoms with Gasteiger partial charge in [0.05, 0.1) is 24.4 Å². The van der Waals surface area contributed by atoms with Crippen LogP contribution in [0.3, 0.4) is 0 Å². The Morgan fingerprint density at radius 2 is 2.00 bits per heavy atom. The van der Waals surface area contributed by atoms with Gasteiger partial charge in [0.2, 0.25) is 0 Å². The molecule has 0 saturated carbocycles. The quantitative estimate of drug-likeness (QED) is 0.477. The summed E-state index contributed by atoms with van der Waals surface area (Å²) < 4.78 is 11.2. The van der Waals surface area contributed by atoms with Crippen molar-refractivity contribution >= 4 is 28.1 Å². The van der Waals surface area contributed by atoms with E-state index in [1.807, 2.05) is 0 Å². The molecule has 27 heavy (non-hydrogen) atoms. The lowest BCUT2D eigenvalue weighted by atomic mass is 10.1. The summed E-state index contributed by atoms with van der Waals surface area (Å²) in [5.41, 5.74) is 3.61. The van der Waals surface area contributed by atoms with Crippen molar-refractivity contribution in [1.29, 1.82) is 0 Å². The van der Waals surface area contributed by atoms with E-state index >= 15 is 0 Å². The van der Waals surface area contributed by atoms with Gasteiger partial charge in [0.25, 0.3) is 5.91 Å². The number of carbonyl (C=O) groups is 1. The van der Waals surface area contributed by atoms with Crippen molar-refractivity contribution in [2.75, 3.05) is 13.7 Å². The summed E-state index contributed by atoms with van der Waals surface area (Å²) in [6.45, 7) is 4.94. The number of rotatable bonds is 8. The predicted molar refractivity (Wildman–Crippen MR) is 109 cm³/mol. The average Bonchev–Trinajstić information content (AvgIpc) is 2.64. The van der Waals surface area contributed by atoms with Gasteiger partial charge in [-0.05, 0) is 70.2 Å². The zero-order valence-corrected chi connectivity index (χ0v) is 17.1. The fourth-order valence-electron chi connectivity index (χ4n) is 2.17. The monoisotopic (exact) mass is 434 g/mol. The van der Waals surface area contributed by atoms with Gasteiger partial charge >= 0.3 is 0 Å². The van der Waals surface area contributed by atoms with Crippen LogP contribution >= 0.6 is 15.9 Å². The fourth-order valence-corrected chi connectivity index (χ4v) is 2.63. The Labute approximate surface area is 167 Å². The number of phenolic OH excluding ortho intramolecular Hbond substituents is 1. The molecule has 2 aromatic carbocycles. The van der Waals surface area contributed by atoms with E-state index in [0.29, 0.717) is 33.9 Å². The molecule has 0 aliphatic carbocycles. The number of hydrogen-bond acceptors (Lipinski definition) is 5. The molecule has 2 rings (SSSR count). The molecule has 0 saturated heterocycles. The Hall–Kier alpha value is -2.54. The highest BCUT2D eigenvalue weighted by Gasteiger charge is 2.08. The van der Waals surface area contributed by atoms with Gasteiger partial charge in [-0.1, -0.05) is 13.8 Å². The fraction of sp³-hybridized carbons (Fsp3) is 0.300. The number of ether oxygens (including phenoxy) is 2. The lowest BCUT2D eigenvalue weighted by Crippen LogP contribution is -2.17. The number of methoxy groups -OCH3 is 1. The van der Waals surface area contributed by atoms with Crippen LogP contribution in [0.1, 0.15) is 36.2 Å². The number of nitrogens with zero attached hydrogens (tertiary/aromatic N) is 1. The molecule has 0 spiro atoms. The normalized spacial score (nSPS) is 11.0. The first-order valence-corrected chi connectivity index (χ1v) is 9.32. The van der Waals surface area contributed by atoms with Crippen LogP contribution in [0.5, 0.6) is 17.2 Å². The molecule has 0 aliphatic heterocycles. The molecule has 2 aromatic rings. The first-order chi connectivity index (χ1) is 12.9. The summed E-state index contributed by atoms with van der Waals surface area (Å²) in [6.07, 6.45) is 2.45. The third-order valence-corrected chi connectivity index (χ3v) is 4.34. The zero-order valence-electron chi connectivity index (χ0n) is 15.5. The van der Waals surface area contributed by atoms with Gasteiger partial charge in [-0.15, -0.1) is 0 Å². The predicted octanol–water partition coefficient (Wildman–Crippen LogP) is 4.35. The van der Waals surface area contributed by atoms with E-state index in [2.05, 4.69) is 40.3 Å². The van der Waals surface area contributed by atoms with Gasteiger partial charge in [0, 0.05) is 5.56 Å². The maximum atomic E-state index is 12.2. The lowest BCUT2D eigenvalue weighted by Gasteiger charge is -2.08. The lowest BCUT2D eigenvalue weighted by molar-refractivity contribution is 0.0955. The number of halogens is 1. The third-order valence-electron chi connectivity index (χ3n) is 3.73. The highest BCUT2D eigenvalue weighted by molar-refractivity contribution is 9.10. The molecule has 7 heteroatoms. The smallest absolute Gasteiger partial charge is 0.271 e. The van der Waals surface area contributed by atoms with E-state index in [0.717, 1.165) is 12.2 Å². The van der Waals surface area contributed by atoms with E-state index < -0.39 is 0 Å². The summed E-state index contributed by atoms with van der Waals surface area (Å²) >= 11 is 3.24. The maximum absolute atomic E-state index is 12.2. The number of nitrogens with one attached hydrogen (secondary N) is 1. The van der Waals surface area contributed by atoms with Crippen molar-refractivity contribution < 1.29 is 19.4 Å². The molecule has 0 unspecified atom stereocenters. The number of phenols is 1. The second-order valence-corrected chi connectivity index (χ2v) is 7.16. The van der Waals surface area contributed by atoms with Crippen LogP contribution in [-0.2, 0) is 0 Å². The Bertz CT molecular complexity index is 804. The molecule has 2 N–H and O–H groups in total. The first kappa shape index (κ1) is 20.8. The zero-order chi connectivity index (χ0) is 19.8. The Balaban J connectivity index is 1.93. The van der Waals surface area contributed by atoms with Crippen LogP contribution in [0.15, 0.2) is 46.0 Å². The van der Waals surface area contributed by atoms with Crippen LogP contribution in [0.4, 0.5) is 0 Å². The summed E-state index contributed by atoms with van der Waals surface area (Å²) in [7, 11) is 1.46. The van der Waals surface area contributed by atoms with Gasteiger partial charge in [0.15, 0.2) is 11.5 Å². The number of carbonyl (C=O) groups excluding carboxylic acids is 1. The second-order valence-electron chi connectivity index (χ2n) is 6.31. The Morgan fingerprint density at radius 1 is 1.30 bits per heavy atom. The summed E-state index contributed by atoms with van der Waals surface area (Å²) in [5.74, 6) is 1.31. The van der Waals surface area contributed by atoms with Crippen molar-refractivity contribution in [3.05, 3.63) is 52.0 Å². The second kappa shape index (κ2) is 9.97. The summed E-state index contributed by atoms with van der Waals surface area (Å²) in [4.78, 5) is 12.2. The van der Waals surface area contributed by atoms with E-state index in [4.69, 9.17) is 9.47 Å². The minimum Gasteiger partial charge on any atom is -0.503 e. The highest BCUT2D eigenvalue weighted by atomic mass is 79.9. The van der Waals surface area contributed by atoms with Gasteiger partial charge in [-0.3, -0.25) is 4.79 Å². The largest absolute Gasteiger partial charge is 0.503 e.